The molecule has 1 amide bonds. The summed E-state index contributed by atoms with van der Waals surface area (Å²) in [5.41, 5.74) is 2.65. The quantitative estimate of drug-likeness (QED) is 0.383. The molecule has 190 valence electrons. The van der Waals surface area contributed by atoms with Crippen LogP contribution >= 0.6 is 0 Å². The van der Waals surface area contributed by atoms with Gasteiger partial charge in [-0.05, 0) is 61.7 Å². The standard InChI is InChI=1S/C28H26N8O2/c1-3-25(37)31-22-5-4-6-24(16-22)36-26-20(15-19(17-29)27(36)38)18-30-28(33-26)32-21-7-9-23(10-8-21)35-13-11-34(2)12-14-35/h3-10,15-16,18H,1,11-14H2,2H3,(H,31,37)(H,30,32,33). The Balaban J connectivity index is 1.49. The minimum absolute atomic E-state index is 0.0400. The molecule has 0 bridgehead atoms. The predicted octanol–water partition coefficient (Wildman–Crippen LogP) is 3.27. The maximum atomic E-state index is 13.2. The van der Waals surface area contributed by atoms with Crippen LogP contribution in [0.5, 0.6) is 0 Å². The summed E-state index contributed by atoms with van der Waals surface area (Å²) in [7, 11) is 2.13. The van der Waals surface area contributed by atoms with Crippen LogP contribution in [0.4, 0.5) is 23.0 Å². The molecule has 5 rings (SSSR count). The highest BCUT2D eigenvalue weighted by Gasteiger charge is 2.16. The molecular formula is C28H26N8O2. The van der Waals surface area contributed by atoms with E-state index >= 15 is 0 Å². The van der Waals surface area contributed by atoms with Gasteiger partial charge in [0.2, 0.25) is 11.9 Å². The third kappa shape index (κ3) is 5.09. The molecule has 0 aliphatic carbocycles. The Labute approximate surface area is 219 Å². The van der Waals surface area contributed by atoms with Crippen molar-refractivity contribution in [1.29, 1.82) is 5.26 Å². The van der Waals surface area contributed by atoms with E-state index in [1.165, 1.54) is 10.6 Å². The van der Waals surface area contributed by atoms with Crippen LogP contribution in [0.15, 0.2) is 78.2 Å². The van der Waals surface area contributed by atoms with E-state index in [-0.39, 0.29) is 11.5 Å². The number of benzene rings is 2. The zero-order valence-electron chi connectivity index (χ0n) is 20.9. The zero-order chi connectivity index (χ0) is 26.6. The van der Waals surface area contributed by atoms with Gasteiger partial charge in [-0.2, -0.15) is 10.2 Å². The molecule has 4 aromatic rings. The number of piperazine rings is 1. The second-order valence-corrected chi connectivity index (χ2v) is 8.99. The molecule has 1 fully saturated rings. The van der Waals surface area contributed by atoms with Gasteiger partial charge in [0.25, 0.3) is 5.56 Å². The van der Waals surface area contributed by atoms with Gasteiger partial charge >= 0.3 is 0 Å². The fourth-order valence-corrected chi connectivity index (χ4v) is 4.34. The molecule has 38 heavy (non-hydrogen) atoms. The van der Waals surface area contributed by atoms with Gasteiger partial charge in [-0.15, -0.1) is 0 Å². The number of nitrogens with zero attached hydrogens (tertiary/aromatic N) is 6. The number of rotatable bonds is 6. The molecule has 10 nitrogen and oxygen atoms in total. The second-order valence-electron chi connectivity index (χ2n) is 8.99. The number of anilines is 4. The Morgan fingerprint density at radius 2 is 1.82 bits per heavy atom. The molecule has 1 aliphatic heterocycles. The van der Waals surface area contributed by atoms with Crippen LogP contribution in [0.1, 0.15) is 5.56 Å². The van der Waals surface area contributed by atoms with Crippen LogP contribution in [-0.4, -0.2) is 58.6 Å². The minimum Gasteiger partial charge on any atom is -0.369 e. The van der Waals surface area contributed by atoms with Gasteiger partial charge in [-0.1, -0.05) is 12.6 Å². The summed E-state index contributed by atoms with van der Waals surface area (Å²) in [6.45, 7) is 7.49. The first-order chi connectivity index (χ1) is 18.4. The van der Waals surface area contributed by atoms with Crippen LogP contribution in [0.3, 0.4) is 0 Å². The Bertz CT molecular complexity index is 1610. The number of aromatic nitrogens is 3. The van der Waals surface area contributed by atoms with Crippen molar-refractivity contribution in [3.05, 3.63) is 89.4 Å². The first-order valence-corrected chi connectivity index (χ1v) is 12.1. The lowest BCUT2D eigenvalue weighted by Crippen LogP contribution is -2.44. The number of fused-ring (bicyclic) bond motifs is 1. The summed E-state index contributed by atoms with van der Waals surface area (Å²) in [5.74, 6) is -0.0728. The maximum absolute atomic E-state index is 13.2. The molecule has 2 aromatic heterocycles. The molecule has 2 aromatic carbocycles. The van der Waals surface area contributed by atoms with Crippen LogP contribution < -0.4 is 21.1 Å². The van der Waals surface area contributed by atoms with Crippen molar-refractivity contribution in [2.45, 2.75) is 0 Å². The van der Waals surface area contributed by atoms with Crippen molar-refractivity contribution in [3.8, 4) is 11.8 Å². The van der Waals surface area contributed by atoms with Crippen LogP contribution in [0.25, 0.3) is 16.7 Å². The van der Waals surface area contributed by atoms with Gasteiger partial charge < -0.3 is 20.4 Å². The molecule has 1 aliphatic rings. The van der Waals surface area contributed by atoms with Crippen molar-refractivity contribution >= 4 is 40.0 Å². The van der Waals surface area contributed by atoms with E-state index in [4.69, 9.17) is 0 Å². The lowest BCUT2D eigenvalue weighted by molar-refractivity contribution is -0.111. The summed E-state index contributed by atoms with van der Waals surface area (Å²) in [5, 5.41) is 16.0. The Morgan fingerprint density at radius 3 is 2.53 bits per heavy atom. The van der Waals surface area contributed by atoms with E-state index in [1.54, 1.807) is 30.5 Å². The number of carbonyl (C=O) groups excluding carboxylic acids is 1. The maximum Gasteiger partial charge on any atom is 0.274 e. The summed E-state index contributed by atoms with van der Waals surface area (Å²) in [4.78, 5) is 38.7. The molecule has 2 N–H and O–H groups in total. The van der Waals surface area contributed by atoms with E-state index in [1.807, 2.05) is 18.2 Å². The minimum atomic E-state index is -0.520. The summed E-state index contributed by atoms with van der Waals surface area (Å²) in [6.07, 6.45) is 2.73. The third-order valence-electron chi connectivity index (χ3n) is 6.41. The summed E-state index contributed by atoms with van der Waals surface area (Å²) < 4.78 is 1.35. The van der Waals surface area contributed by atoms with Gasteiger partial charge in [0.15, 0.2) is 5.65 Å². The molecule has 1 saturated heterocycles. The SMILES string of the molecule is C=CC(=O)Nc1cccc(-n2c(=O)c(C#N)cc3cnc(Nc4ccc(N5CCN(C)CC5)cc4)nc32)c1. The number of likely N-dealkylation sites (N-methyl/N-ethyl adjacent to an activating group) is 1. The van der Waals surface area contributed by atoms with Gasteiger partial charge in [0.1, 0.15) is 11.6 Å². The van der Waals surface area contributed by atoms with E-state index in [9.17, 15) is 14.9 Å². The molecule has 0 atom stereocenters. The second kappa shape index (κ2) is 10.5. The van der Waals surface area contributed by atoms with Crippen molar-refractivity contribution in [1.82, 2.24) is 19.4 Å². The highest BCUT2D eigenvalue weighted by Crippen LogP contribution is 2.23. The summed E-state index contributed by atoms with van der Waals surface area (Å²) >= 11 is 0. The van der Waals surface area contributed by atoms with E-state index in [0.29, 0.717) is 28.4 Å². The third-order valence-corrected chi connectivity index (χ3v) is 6.41. The van der Waals surface area contributed by atoms with Gasteiger partial charge in [0.05, 0.1) is 5.69 Å². The number of hydrogen-bond acceptors (Lipinski definition) is 8. The zero-order valence-corrected chi connectivity index (χ0v) is 20.9. The lowest BCUT2D eigenvalue weighted by Gasteiger charge is -2.34. The molecule has 3 heterocycles. The van der Waals surface area contributed by atoms with Crippen LogP contribution in [0, 0.1) is 11.3 Å². The van der Waals surface area contributed by atoms with Crippen molar-refractivity contribution in [2.24, 2.45) is 0 Å². The van der Waals surface area contributed by atoms with Crippen molar-refractivity contribution in [2.75, 3.05) is 48.8 Å². The molecule has 0 radical (unpaired) electrons. The highest BCUT2D eigenvalue weighted by atomic mass is 16.1. The first-order valence-electron chi connectivity index (χ1n) is 12.1. The van der Waals surface area contributed by atoms with Crippen LogP contribution in [0.2, 0.25) is 0 Å². The van der Waals surface area contributed by atoms with Crippen molar-refractivity contribution < 1.29 is 4.79 Å². The first kappa shape index (κ1) is 24.7. The lowest BCUT2D eigenvalue weighted by atomic mass is 10.2. The van der Waals surface area contributed by atoms with E-state index in [0.717, 1.165) is 43.6 Å². The van der Waals surface area contributed by atoms with Crippen molar-refractivity contribution in [3.63, 3.8) is 0 Å². The fraction of sp³-hybridized carbons (Fsp3) is 0.179. The van der Waals surface area contributed by atoms with Gasteiger partial charge in [-0.25, -0.2) is 4.98 Å². The molecule has 10 heteroatoms. The normalized spacial score (nSPS) is 13.6. The van der Waals surface area contributed by atoms with Gasteiger partial charge in [-0.3, -0.25) is 14.2 Å². The molecule has 0 unspecified atom stereocenters. The average Bonchev–Trinajstić information content (AvgIpc) is 2.93. The highest BCUT2D eigenvalue weighted by molar-refractivity contribution is 5.99. The van der Waals surface area contributed by atoms with Crippen LogP contribution in [-0.2, 0) is 4.79 Å². The number of amides is 1. The van der Waals surface area contributed by atoms with E-state index in [2.05, 4.69) is 56.2 Å². The van der Waals surface area contributed by atoms with Gasteiger partial charge in [0, 0.05) is 54.8 Å². The van der Waals surface area contributed by atoms with E-state index < -0.39 is 5.56 Å². The number of nitrogens with one attached hydrogen (secondary N) is 2. The molecule has 0 saturated carbocycles. The average molecular weight is 507 g/mol. The predicted molar refractivity (Wildman–Crippen MR) is 148 cm³/mol. The Hall–Kier alpha value is -5.01. The fourth-order valence-electron chi connectivity index (χ4n) is 4.34. The Kier molecular flexibility index (Phi) is 6.84. The number of hydrogen-bond donors (Lipinski definition) is 2. The summed E-state index contributed by atoms with van der Waals surface area (Å²) in [6, 6.07) is 18.2. The largest absolute Gasteiger partial charge is 0.369 e. The smallest absolute Gasteiger partial charge is 0.274 e. The Morgan fingerprint density at radius 1 is 1.05 bits per heavy atom. The topological polar surface area (TPSA) is 119 Å². The monoisotopic (exact) mass is 506 g/mol. The number of pyridine rings is 1. The number of carbonyl (C=O) groups is 1. The number of nitriles is 1. The molecular weight excluding hydrogens is 480 g/mol. The molecule has 0 spiro atoms.